The zero-order valence-corrected chi connectivity index (χ0v) is 18.0. The summed E-state index contributed by atoms with van der Waals surface area (Å²) >= 11 is 0. The van der Waals surface area contributed by atoms with Crippen molar-refractivity contribution in [3.05, 3.63) is 47.2 Å². The standard InChI is InChI=1S/C23H33N7/c1-16(25)20(15-24)22(17-6-4-3-5-7-17)28-18-8-9-21(26)19(14-18)23(27)30-12-10-29(2)11-13-30/h6,8-9,14-15,25,27H,3-5,7,10-13,24,26H2,1-2H3/b20-15+,25-16?,27-23?,28-22+. The van der Waals surface area contributed by atoms with Crippen molar-refractivity contribution in [3.63, 3.8) is 0 Å². The number of likely N-dealkylation sites (N-methyl/N-ethyl adjacent to an activating group) is 1. The number of nitrogen functional groups attached to an aromatic ring is 1. The number of allylic oxidation sites excluding steroid dienone is 3. The quantitative estimate of drug-likeness (QED) is 0.340. The van der Waals surface area contributed by atoms with Crippen LogP contribution in [0.25, 0.3) is 0 Å². The number of hydrogen-bond acceptors (Lipinski definition) is 6. The number of nitrogens with two attached hydrogens (primary N) is 2. The van der Waals surface area contributed by atoms with E-state index in [-0.39, 0.29) is 0 Å². The second-order valence-electron chi connectivity index (χ2n) is 8.05. The first-order valence-corrected chi connectivity index (χ1v) is 10.6. The van der Waals surface area contributed by atoms with Gasteiger partial charge in [-0.25, -0.2) is 4.99 Å². The van der Waals surface area contributed by atoms with E-state index in [9.17, 15) is 0 Å². The minimum Gasteiger partial charge on any atom is -0.404 e. The summed E-state index contributed by atoms with van der Waals surface area (Å²) in [5.74, 6) is 0.439. The number of nitrogens with zero attached hydrogens (tertiary/aromatic N) is 3. The molecule has 30 heavy (non-hydrogen) atoms. The minimum absolute atomic E-state index is 0.392. The Balaban J connectivity index is 1.97. The van der Waals surface area contributed by atoms with E-state index in [0.717, 1.165) is 62.4 Å². The van der Waals surface area contributed by atoms with Crippen LogP contribution in [-0.4, -0.2) is 60.3 Å². The van der Waals surface area contributed by atoms with Crippen LogP contribution in [0, 0.1) is 10.8 Å². The molecule has 0 bridgehead atoms. The van der Waals surface area contributed by atoms with Gasteiger partial charge in [0.05, 0.1) is 11.4 Å². The molecule has 6 N–H and O–H groups in total. The highest BCUT2D eigenvalue weighted by Gasteiger charge is 2.20. The van der Waals surface area contributed by atoms with E-state index >= 15 is 0 Å². The zero-order chi connectivity index (χ0) is 21.7. The molecule has 160 valence electrons. The van der Waals surface area contributed by atoms with Crippen LogP contribution < -0.4 is 11.5 Å². The molecule has 7 nitrogen and oxygen atoms in total. The van der Waals surface area contributed by atoms with Crippen molar-refractivity contribution < 1.29 is 0 Å². The van der Waals surface area contributed by atoms with E-state index in [4.69, 9.17) is 27.3 Å². The third-order valence-electron chi connectivity index (χ3n) is 5.77. The fourth-order valence-electron chi connectivity index (χ4n) is 3.89. The zero-order valence-electron chi connectivity index (χ0n) is 18.0. The van der Waals surface area contributed by atoms with Crippen LogP contribution in [0.3, 0.4) is 0 Å². The molecule has 0 atom stereocenters. The lowest BCUT2D eigenvalue weighted by molar-refractivity contribution is 0.215. The van der Waals surface area contributed by atoms with Gasteiger partial charge in [0.2, 0.25) is 0 Å². The van der Waals surface area contributed by atoms with Gasteiger partial charge in [-0.3, -0.25) is 5.41 Å². The Labute approximate surface area is 179 Å². The van der Waals surface area contributed by atoms with Gasteiger partial charge in [0.1, 0.15) is 5.84 Å². The summed E-state index contributed by atoms with van der Waals surface area (Å²) in [4.78, 5) is 9.22. The summed E-state index contributed by atoms with van der Waals surface area (Å²) in [6, 6.07) is 5.56. The number of hydrogen-bond donors (Lipinski definition) is 4. The monoisotopic (exact) mass is 407 g/mol. The second kappa shape index (κ2) is 9.71. The molecule has 1 saturated heterocycles. The Kier molecular flexibility index (Phi) is 7.05. The molecule has 3 rings (SSSR count). The normalized spacial score (nSPS) is 18.9. The lowest BCUT2D eigenvalue weighted by Gasteiger charge is -2.34. The average molecular weight is 408 g/mol. The summed E-state index contributed by atoms with van der Waals surface area (Å²) in [5.41, 5.74) is 17.0. The van der Waals surface area contributed by atoms with Crippen LogP contribution in [0.5, 0.6) is 0 Å². The summed E-state index contributed by atoms with van der Waals surface area (Å²) in [5, 5.41) is 16.8. The molecule has 0 aromatic heterocycles. The van der Waals surface area contributed by atoms with Crippen LogP contribution in [0.2, 0.25) is 0 Å². The van der Waals surface area contributed by atoms with Crippen LogP contribution in [0.15, 0.2) is 46.6 Å². The Morgan fingerprint density at radius 2 is 1.87 bits per heavy atom. The first-order chi connectivity index (χ1) is 14.4. The number of anilines is 1. The Morgan fingerprint density at radius 1 is 1.13 bits per heavy atom. The van der Waals surface area contributed by atoms with Gasteiger partial charge >= 0.3 is 0 Å². The van der Waals surface area contributed by atoms with Crippen LogP contribution in [-0.2, 0) is 0 Å². The van der Waals surface area contributed by atoms with E-state index in [1.807, 2.05) is 18.2 Å². The third-order valence-corrected chi connectivity index (χ3v) is 5.77. The van der Waals surface area contributed by atoms with Crippen molar-refractivity contribution in [2.45, 2.75) is 32.6 Å². The number of piperazine rings is 1. The number of amidine groups is 1. The van der Waals surface area contributed by atoms with Crippen LogP contribution >= 0.6 is 0 Å². The first-order valence-electron chi connectivity index (χ1n) is 10.6. The van der Waals surface area contributed by atoms with Crippen molar-refractivity contribution in [3.8, 4) is 0 Å². The van der Waals surface area contributed by atoms with Crippen molar-refractivity contribution >= 4 is 28.6 Å². The molecule has 1 aliphatic heterocycles. The van der Waals surface area contributed by atoms with E-state index in [0.29, 0.717) is 28.4 Å². The van der Waals surface area contributed by atoms with E-state index < -0.39 is 0 Å². The van der Waals surface area contributed by atoms with Crippen molar-refractivity contribution in [1.29, 1.82) is 10.8 Å². The molecule has 0 radical (unpaired) electrons. The number of aliphatic imine (C=N–C) groups is 1. The summed E-state index contributed by atoms with van der Waals surface area (Å²) in [6.45, 7) is 5.22. The van der Waals surface area contributed by atoms with Gasteiger partial charge < -0.3 is 26.7 Å². The lowest BCUT2D eigenvalue weighted by atomic mass is 9.91. The molecule has 0 amide bonds. The van der Waals surface area contributed by atoms with Gasteiger partial charge in [-0.1, -0.05) is 6.08 Å². The van der Waals surface area contributed by atoms with Gasteiger partial charge in [0.25, 0.3) is 0 Å². The van der Waals surface area contributed by atoms with Gasteiger partial charge in [0, 0.05) is 54.9 Å². The molecule has 1 aliphatic carbocycles. The summed E-state index contributed by atoms with van der Waals surface area (Å²) in [7, 11) is 2.10. The fraction of sp³-hybridized carbons (Fsp3) is 0.435. The smallest absolute Gasteiger partial charge is 0.130 e. The second-order valence-corrected chi connectivity index (χ2v) is 8.05. The highest BCUT2D eigenvalue weighted by Crippen LogP contribution is 2.27. The third kappa shape index (κ3) is 4.97. The van der Waals surface area contributed by atoms with E-state index in [1.54, 1.807) is 6.92 Å². The molecular weight excluding hydrogens is 374 g/mol. The van der Waals surface area contributed by atoms with E-state index in [2.05, 4.69) is 22.9 Å². The Bertz CT molecular complexity index is 902. The Morgan fingerprint density at radius 3 is 2.47 bits per heavy atom. The maximum Gasteiger partial charge on any atom is 0.130 e. The van der Waals surface area contributed by atoms with Gasteiger partial charge in [-0.05, 0) is 63.4 Å². The molecule has 1 heterocycles. The molecule has 2 aliphatic rings. The number of rotatable bonds is 5. The summed E-state index contributed by atoms with van der Waals surface area (Å²) in [6.07, 6.45) is 7.92. The van der Waals surface area contributed by atoms with Gasteiger partial charge in [-0.2, -0.15) is 0 Å². The lowest BCUT2D eigenvalue weighted by Crippen LogP contribution is -2.47. The van der Waals surface area contributed by atoms with Crippen molar-refractivity contribution in [2.75, 3.05) is 39.0 Å². The van der Waals surface area contributed by atoms with Crippen molar-refractivity contribution in [2.24, 2.45) is 10.7 Å². The molecule has 1 aromatic rings. The SMILES string of the molecule is CC(=N)C(=C\N)/C(=N/c1ccc(N)c(C(=N)N2CCN(C)CC2)c1)C1=CCCCC1. The predicted molar refractivity (Wildman–Crippen MR) is 126 cm³/mol. The predicted octanol–water partition coefficient (Wildman–Crippen LogP) is 3.30. The van der Waals surface area contributed by atoms with Gasteiger partial charge in [-0.15, -0.1) is 0 Å². The highest BCUT2D eigenvalue weighted by atomic mass is 15.3. The summed E-state index contributed by atoms with van der Waals surface area (Å²) < 4.78 is 0. The van der Waals surface area contributed by atoms with Gasteiger partial charge in [0.15, 0.2) is 0 Å². The minimum atomic E-state index is 0.392. The maximum absolute atomic E-state index is 8.70. The van der Waals surface area contributed by atoms with E-state index in [1.165, 1.54) is 12.6 Å². The molecular formula is C23H33N7. The van der Waals surface area contributed by atoms with Crippen LogP contribution in [0.1, 0.15) is 38.2 Å². The topological polar surface area (TPSA) is 119 Å². The number of nitrogens with one attached hydrogen (secondary N) is 2. The first kappa shape index (κ1) is 21.8. The maximum atomic E-state index is 8.70. The Hall–Kier alpha value is -2.93. The molecule has 1 fully saturated rings. The number of benzene rings is 1. The molecule has 0 spiro atoms. The average Bonchev–Trinajstić information content (AvgIpc) is 2.75. The molecule has 7 heteroatoms. The molecule has 0 saturated carbocycles. The van der Waals surface area contributed by atoms with Crippen LogP contribution in [0.4, 0.5) is 11.4 Å². The molecule has 1 aromatic carbocycles. The largest absolute Gasteiger partial charge is 0.404 e. The molecule has 0 unspecified atom stereocenters. The highest BCUT2D eigenvalue weighted by molar-refractivity contribution is 6.29. The fourth-order valence-corrected chi connectivity index (χ4v) is 3.89. The van der Waals surface area contributed by atoms with Crippen molar-refractivity contribution in [1.82, 2.24) is 9.80 Å².